The van der Waals surface area contributed by atoms with Crippen molar-refractivity contribution in [2.75, 3.05) is 25.5 Å². The smallest absolute Gasteiger partial charge is 0.257 e. The van der Waals surface area contributed by atoms with E-state index in [0.717, 1.165) is 30.2 Å². The third-order valence-electron chi connectivity index (χ3n) is 3.84. The molecule has 1 amide bonds. The third kappa shape index (κ3) is 3.95. The van der Waals surface area contributed by atoms with Gasteiger partial charge in [-0.25, -0.2) is 4.98 Å². The van der Waals surface area contributed by atoms with E-state index in [1.807, 2.05) is 6.92 Å². The van der Waals surface area contributed by atoms with Crippen LogP contribution in [0.4, 0.5) is 5.82 Å². The molecule has 2 N–H and O–H groups in total. The van der Waals surface area contributed by atoms with Crippen LogP contribution in [0.2, 0.25) is 0 Å². The van der Waals surface area contributed by atoms with Gasteiger partial charge in [-0.3, -0.25) is 4.79 Å². The van der Waals surface area contributed by atoms with Crippen molar-refractivity contribution in [1.82, 2.24) is 9.88 Å². The van der Waals surface area contributed by atoms with Gasteiger partial charge in [-0.15, -0.1) is 0 Å². The van der Waals surface area contributed by atoms with Gasteiger partial charge in [-0.1, -0.05) is 12.8 Å². The van der Waals surface area contributed by atoms with E-state index in [4.69, 9.17) is 0 Å². The fourth-order valence-corrected chi connectivity index (χ4v) is 3.15. The monoisotopic (exact) mass is 355 g/mol. The number of carbonyl (C=O) groups excluding carboxylic acids is 1. The number of halogens is 1. The molecule has 1 saturated carbocycles. The molecule has 6 heteroatoms. The number of nitrogens with one attached hydrogen (secondary N) is 1. The first-order valence-corrected chi connectivity index (χ1v) is 8.12. The second-order valence-corrected chi connectivity index (χ2v) is 6.59. The topological polar surface area (TPSA) is 65.5 Å². The normalized spacial score (nSPS) is 16.8. The van der Waals surface area contributed by atoms with E-state index in [1.165, 1.54) is 0 Å². The molecule has 1 fully saturated rings. The maximum absolute atomic E-state index is 12.6. The fraction of sp³-hybridized carbons (Fsp3) is 0.600. The van der Waals surface area contributed by atoms with E-state index in [2.05, 4.69) is 26.2 Å². The number of anilines is 1. The Labute approximate surface area is 133 Å². The summed E-state index contributed by atoms with van der Waals surface area (Å²) >= 11 is 3.35. The highest BCUT2D eigenvalue weighted by molar-refractivity contribution is 9.10. The Morgan fingerprint density at radius 1 is 1.52 bits per heavy atom. The zero-order chi connectivity index (χ0) is 15.5. The Balaban J connectivity index is 2.16. The summed E-state index contributed by atoms with van der Waals surface area (Å²) in [7, 11) is 1.73. The molecule has 1 aromatic heterocycles. The molecule has 0 aromatic carbocycles. The highest BCUT2D eigenvalue weighted by atomic mass is 79.9. The average Bonchev–Trinajstić information content (AvgIpc) is 2.86. The maximum Gasteiger partial charge on any atom is 0.257 e. The van der Waals surface area contributed by atoms with Crippen molar-refractivity contribution in [2.45, 2.75) is 38.2 Å². The molecular weight excluding hydrogens is 334 g/mol. The zero-order valence-corrected chi connectivity index (χ0v) is 14.1. The summed E-state index contributed by atoms with van der Waals surface area (Å²) in [5.41, 5.74) is -0.210. The zero-order valence-electron chi connectivity index (χ0n) is 12.5. The minimum atomic E-state index is -0.734. The molecule has 21 heavy (non-hydrogen) atoms. The predicted molar refractivity (Wildman–Crippen MR) is 86.5 cm³/mol. The van der Waals surface area contributed by atoms with Gasteiger partial charge in [0.25, 0.3) is 5.91 Å². The molecule has 116 valence electrons. The number of rotatable bonds is 5. The number of pyridine rings is 1. The van der Waals surface area contributed by atoms with Crippen molar-refractivity contribution in [3.05, 3.63) is 22.3 Å². The minimum Gasteiger partial charge on any atom is -0.388 e. The van der Waals surface area contributed by atoms with Crippen molar-refractivity contribution < 1.29 is 9.90 Å². The van der Waals surface area contributed by atoms with Gasteiger partial charge in [0.05, 0.1) is 11.2 Å². The van der Waals surface area contributed by atoms with Gasteiger partial charge in [0.15, 0.2) is 0 Å². The summed E-state index contributed by atoms with van der Waals surface area (Å²) < 4.78 is 0.764. The Morgan fingerprint density at radius 2 is 2.19 bits per heavy atom. The quantitative estimate of drug-likeness (QED) is 0.851. The number of aromatic nitrogens is 1. The van der Waals surface area contributed by atoms with Crippen molar-refractivity contribution in [1.29, 1.82) is 0 Å². The van der Waals surface area contributed by atoms with Crippen LogP contribution in [0.5, 0.6) is 0 Å². The first kappa shape index (κ1) is 16.2. The molecule has 0 bridgehead atoms. The van der Waals surface area contributed by atoms with Crippen LogP contribution >= 0.6 is 15.9 Å². The molecule has 0 radical (unpaired) electrons. The SMILES string of the molecule is CCNc1ncc(Br)cc1C(=O)N(C)CC1(O)CCCC1. The Morgan fingerprint density at radius 3 is 2.81 bits per heavy atom. The lowest BCUT2D eigenvalue weighted by atomic mass is 10.0. The van der Waals surface area contributed by atoms with Crippen LogP contribution in [0.15, 0.2) is 16.7 Å². The van der Waals surface area contributed by atoms with Gasteiger partial charge < -0.3 is 15.3 Å². The Kier molecular flexibility index (Phi) is 5.22. The largest absolute Gasteiger partial charge is 0.388 e. The molecule has 1 aliphatic carbocycles. The van der Waals surface area contributed by atoms with Gasteiger partial charge in [-0.05, 0) is 41.8 Å². The molecule has 0 aliphatic heterocycles. The van der Waals surface area contributed by atoms with Crippen LogP contribution in [-0.2, 0) is 0 Å². The number of aliphatic hydroxyl groups is 1. The first-order valence-electron chi connectivity index (χ1n) is 7.32. The molecule has 0 spiro atoms. The highest BCUT2D eigenvalue weighted by Gasteiger charge is 2.34. The van der Waals surface area contributed by atoms with Gasteiger partial charge in [0, 0.05) is 30.8 Å². The summed E-state index contributed by atoms with van der Waals surface area (Å²) in [6.07, 6.45) is 5.25. The van der Waals surface area contributed by atoms with Crippen molar-refractivity contribution in [3.63, 3.8) is 0 Å². The summed E-state index contributed by atoms with van der Waals surface area (Å²) in [5, 5.41) is 13.6. The Bertz CT molecular complexity index is 516. The molecule has 1 aliphatic rings. The lowest BCUT2D eigenvalue weighted by molar-refractivity contribution is 0.0157. The van der Waals surface area contributed by atoms with Crippen LogP contribution in [0.25, 0.3) is 0 Å². The summed E-state index contributed by atoms with van der Waals surface area (Å²) in [4.78, 5) is 18.5. The van der Waals surface area contributed by atoms with E-state index < -0.39 is 5.60 Å². The summed E-state index contributed by atoms with van der Waals surface area (Å²) in [6, 6.07) is 1.77. The van der Waals surface area contributed by atoms with Crippen molar-refractivity contribution in [3.8, 4) is 0 Å². The van der Waals surface area contributed by atoms with E-state index in [0.29, 0.717) is 24.5 Å². The molecular formula is C15H22BrN3O2. The Hall–Kier alpha value is -1.14. The first-order chi connectivity index (χ1) is 9.95. The van der Waals surface area contributed by atoms with E-state index >= 15 is 0 Å². The van der Waals surface area contributed by atoms with E-state index in [1.54, 1.807) is 24.2 Å². The van der Waals surface area contributed by atoms with E-state index in [-0.39, 0.29) is 5.91 Å². The van der Waals surface area contributed by atoms with Gasteiger partial charge in [0.1, 0.15) is 5.82 Å². The number of carbonyl (C=O) groups is 1. The van der Waals surface area contributed by atoms with Gasteiger partial charge >= 0.3 is 0 Å². The van der Waals surface area contributed by atoms with Crippen LogP contribution in [0.1, 0.15) is 43.0 Å². The molecule has 0 saturated heterocycles. The highest BCUT2D eigenvalue weighted by Crippen LogP contribution is 2.30. The molecule has 2 rings (SSSR count). The second-order valence-electron chi connectivity index (χ2n) is 5.67. The lowest BCUT2D eigenvalue weighted by Crippen LogP contribution is -2.42. The predicted octanol–water partition coefficient (Wildman–Crippen LogP) is 2.65. The van der Waals surface area contributed by atoms with Crippen LogP contribution < -0.4 is 5.32 Å². The van der Waals surface area contributed by atoms with Gasteiger partial charge in [-0.2, -0.15) is 0 Å². The summed E-state index contributed by atoms with van der Waals surface area (Å²) in [5.74, 6) is 0.455. The number of hydrogen-bond acceptors (Lipinski definition) is 4. The van der Waals surface area contributed by atoms with Crippen LogP contribution in [0.3, 0.4) is 0 Å². The number of likely N-dealkylation sites (N-methyl/N-ethyl adjacent to an activating group) is 1. The van der Waals surface area contributed by atoms with Gasteiger partial charge in [0.2, 0.25) is 0 Å². The molecule has 0 unspecified atom stereocenters. The minimum absolute atomic E-state index is 0.125. The van der Waals surface area contributed by atoms with Crippen LogP contribution in [-0.4, -0.2) is 46.6 Å². The lowest BCUT2D eigenvalue weighted by Gasteiger charge is -2.29. The second kappa shape index (κ2) is 6.75. The maximum atomic E-state index is 12.6. The molecule has 0 atom stereocenters. The fourth-order valence-electron chi connectivity index (χ4n) is 2.82. The molecule has 1 heterocycles. The summed E-state index contributed by atoms with van der Waals surface area (Å²) in [6.45, 7) is 3.02. The number of hydrogen-bond donors (Lipinski definition) is 2. The third-order valence-corrected chi connectivity index (χ3v) is 4.28. The molecule has 1 aromatic rings. The molecule has 5 nitrogen and oxygen atoms in total. The van der Waals surface area contributed by atoms with E-state index in [9.17, 15) is 9.90 Å². The van der Waals surface area contributed by atoms with Crippen molar-refractivity contribution >= 4 is 27.7 Å². The number of nitrogens with zero attached hydrogens (tertiary/aromatic N) is 2. The number of amides is 1. The van der Waals surface area contributed by atoms with Crippen LogP contribution in [0, 0.1) is 0 Å². The van der Waals surface area contributed by atoms with Crippen molar-refractivity contribution in [2.24, 2.45) is 0 Å². The standard InChI is InChI=1S/C15H22BrN3O2/c1-3-17-13-12(8-11(16)9-18-13)14(20)19(2)10-15(21)6-4-5-7-15/h8-9,21H,3-7,10H2,1-2H3,(H,17,18). The average molecular weight is 356 g/mol.